The number of benzene rings is 1. The minimum atomic E-state index is -3.32. The number of nitrogens with zero attached hydrogens (tertiary/aromatic N) is 2. The van der Waals surface area contributed by atoms with E-state index in [1.807, 2.05) is 0 Å². The highest BCUT2D eigenvalue weighted by molar-refractivity contribution is 7.54. The van der Waals surface area contributed by atoms with Crippen molar-refractivity contribution in [1.82, 2.24) is 0 Å². The Morgan fingerprint density at radius 3 is 2.17 bits per heavy atom. The fourth-order valence-electron chi connectivity index (χ4n) is 1.66. The van der Waals surface area contributed by atoms with Crippen LogP contribution in [0.3, 0.4) is 0 Å². The first-order valence-corrected chi connectivity index (χ1v) is 8.76. The fourth-order valence-corrected chi connectivity index (χ4v) is 3.16. The van der Waals surface area contributed by atoms with Crippen LogP contribution in [0, 0.1) is 0 Å². The standard InChI is InChI=1S/C14H21N4O4P/c1-3-21-23(20,22-4-2)10-13(15)17-18-14(16)12-7-5-11(9-19)6-8-12/h5-9H,3-4,10H2,1-2H3,(H2,15,17)(H2,16,18). The molecule has 1 aromatic rings. The summed E-state index contributed by atoms with van der Waals surface area (Å²) >= 11 is 0. The number of carbonyl (C=O) groups excluding carboxylic acids is 1. The maximum atomic E-state index is 12.3. The monoisotopic (exact) mass is 340 g/mol. The Bertz CT molecular complexity index is 618. The summed E-state index contributed by atoms with van der Waals surface area (Å²) in [5.41, 5.74) is 12.6. The van der Waals surface area contributed by atoms with E-state index in [0.717, 1.165) is 6.29 Å². The van der Waals surface area contributed by atoms with Crippen molar-refractivity contribution >= 4 is 25.6 Å². The van der Waals surface area contributed by atoms with Gasteiger partial charge in [-0.3, -0.25) is 9.36 Å². The van der Waals surface area contributed by atoms with Crippen LogP contribution in [0.2, 0.25) is 0 Å². The van der Waals surface area contributed by atoms with E-state index in [1.165, 1.54) is 0 Å². The third-order valence-corrected chi connectivity index (χ3v) is 4.65. The second-order valence-corrected chi connectivity index (χ2v) is 6.48. The van der Waals surface area contributed by atoms with Crippen molar-refractivity contribution in [2.45, 2.75) is 13.8 Å². The summed E-state index contributed by atoms with van der Waals surface area (Å²) in [6, 6.07) is 6.49. The Balaban J connectivity index is 2.83. The van der Waals surface area contributed by atoms with Crippen LogP contribution < -0.4 is 11.5 Å². The van der Waals surface area contributed by atoms with Crippen molar-refractivity contribution in [2.24, 2.45) is 21.7 Å². The van der Waals surface area contributed by atoms with Gasteiger partial charge in [-0.25, -0.2) is 0 Å². The lowest BCUT2D eigenvalue weighted by molar-refractivity contribution is 0.112. The molecular formula is C14H21N4O4P. The molecule has 0 saturated heterocycles. The molecule has 0 spiro atoms. The summed E-state index contributed by atoms with van der Waals surface area (Å²) in [6.07, 6.45) is 0.557. The minimum absolute atomic E-state index is 0.0114. The van der Waals surface area contributed by atoms with Crippen molar-refractivity contribution in [3.05, 3.63) is 35.4 Å². The van der Waals surface area contributed by atoms with Crippen molar-refractivity contribution in [1.29, 1.82) is 0 Å². The zero-order valence-corrected chi connectivity index (χ0v) is 14.0. The number of aldehydes is 1. The number of amidine groups is 2. The van der Waals surface area contributed by atoms with Gasteiger partial charge >= 0.3 is 7.60 Å². The van der Waals surface area contributed by atoms with Gasteiger partial charge in [0.1, 0.15) is 18.3 Å². The molecule has 23 heavy (non-hydrogen) atoms. The van der Waals surface area contributed by atoms with Crippen LogP contribution in [-0.4, -0.2) is 37.3 Å². The molecule has 126 valence electrons. The Morgan fingerprint density at radius 1 is 1.13 bits per heavy atom. The van der Waals surface area contributed by atoms with Crippen LogP contribution in [-0.2, 0) is 13.6 Å². The lowest BCUT2D eigenvalue weighted by Gasteiger charge is -2.15. The molecule has 0 fully saturated rings. The van der Waals surface area contributed by atoms with Crippen molar-refractivity contribution in [3.63, 3.8) is 0 Å². The van der Waals surface area contributed by atoms with Crippen molar-refractivity contribution < 1.29 is 18.4 Å². The van der Waals surface area contributed by atoms with Crippen LogP contribution in [0.4, 0.5) is 0 Å². The van der Waals surface area contributed by atoms with Crippen LogP contribution in [0.15, 0.2) is 34.5 Å². The highest BCUT2D eigenvalue weighted by atomic mass is 31.2. The van der Waals surface area contributed by atoms with Gasteiger partial charge in [-0.2, -0.15) is 0 Å². The summed E-state index contributed by atoms with van der Waals surface area (Å²) in [6.45, 7) is 3.88. The number of hydrogen-bond donors (Lipinski definition) is 2. The second kappa shape index (κ2) is 9.19. The van der Waals surface area contributed by atoms with Crippen LogP contribution in [0.5, 0.6) is 0 Å². The molecule has 1 aromatic carbocycles. The molecule has 0 aliphatic rings. The molecule has 1 rings (SSSR count). The number of carbonyl (C=O) groups is 1. The van der Waals surface area contributed by atoms with E-state index in [-0.39, 0.29) is 31.0 Å². The van der Waals surface area contributed by atoms with E-state index >= 15 is 0 Å². The molecule has 0 unspecified atom stereocenters. The molecule has 0 aliphatic heterocycles. The lowest BCUT2D eigenvalue weighted by atomic mass is 10.1. The van der Waals surface area contributed by atoms with E-state index in [4.69, 9.17) is 20.5 Å². The maximum absolute atomic E-state index is 12.3. The predicted octanol–water partition coefficient (Wildman–Crippen LogP) is 1.74. The molecule has 0 saturated carbocycles. The van der Waals surface area contributed by atoms with Crippen LogP contribution in [0.1, 0.15) is 29.8 Å². The van der Waals surface area contributed by atoms with Gasteiger partial charge in [0.05, 0.1) is 13.2 Å². The zero-order valence-electron chi connectivity index (χ0n) is 13.1. The van der Waals surface area contributed by atoms with E-state index < -0.39 is 7.60 Å². The Hall–Kier alpha value is -2.02. The highest BCUT2D eigenvalue weighted by Gasteiger charge is 2.25. The normalized spacial score (nSPS) is 13.1. The van der Waals surface area contributed by atoms with Gasteiger partial charge in [0, 0.05) is 11.1 Å². The van der Waals surface area contributed by atoms with Gasteiger partial charge < -0.3 is 20.5 Å². The Morgan fingerprint density at radius 2 is 1.70 bits per heavy atom. The molecule has 0 radical (unpaired) electrons. The van der Waals surface area contributed by atoms with Gasteiger partial charge in [0.25, 0.3) is 0 Å². The molecule has 0 aromatic heterocycles. The first-order valence-electron chi connectivity index (χ1n) is 7.03. The van der Waals surface area contributed by atoms with Crippen molar-refractivity contribution in [3.8, 4) is 0 Å². The molecular weight excluding hydrogens is 319 g/mol. The summed E-state index contributed by atoms with van der Waals surface area (Å²) in [7, 11) is -3.32. The second-order valence-electron chi connectivity index (χ2n) is 4.42. The van der Waals surface area contributed by atoms with E-state index in [0.29, 0.717) is 11.1 Å². The minimum Gasteiger partial charge on any atom is -0.385 e. The molecule has 0 heterocycles. The zero-order chi connectivity index (χ0) is 17.3. The molecule has 0 atom stereocenters. The number of nitrogens with two attached hydrogens (primary N) is 2. The third kappa shape index (κ3) is 6.32. The molecule has 8 nitrogen and oxygen atoms in total. The van der Waals surface area contributed by atoms with E-state index in [2.05, 4.69) is 10.2 Å². The lowest BCUT2D eigenvalue weighted by Crippen LogP contribution is -2.20. The number of rotatable bonds is 9. The summed E-state index contributed by atoms with van der Waals surface area (Å²) in [4.78, 5) is 10.6. The van der Waals surface area contributed by atoms with Crippen molar-refractivity contribution in [2.75, 3.05) is 19.4 Å². The number of hydrogen-bond acceptors (Lipinski definition) is 6. The molecule has 0 amide bonds. The SMILES string of the molecule is CCOP(=O)(C/C(N)=N/N=C(\N)c1ccc(C=O)cc1)OCC. The largest absolute Gasteiger partial charge is 0.385 e. The maximum Gasteiger partial charge on any atom is 0.338 e. The van der Waals surface area contributed by atoms with Crippen LogP contribution >= 0.6 is 7.60 Å². The smallest absolute Gasteiger partial charge is 0.338 e. The first-order chi connectivity index (χ1) is 10.9. The van der Waals surface area contributed by atoms with E-state index in [9.17, 15) is 9.36 Å². The van der Waals surface area contributed by atoms with Gasteiger partial charge in [-0.1, -0.05) is 24.3 Å². The molecule has 0 bridgehead atoms. The van der Waals surface area contributed by atoms with Gasteiger partial charge in [0.2, 0.25) is 0 Å². The molecule has 9 heteroatoms. The average Bonchev–Trinajstić information content (AvgIpc) is 2.53. The highest BCUT2D eigenvalue weighted by Crippen LogP contribution is 2.47. The molecule has 4 N–H and O–H groups in total. The predicted molar refractivity (Wildman–Crippen MR) is 89.9 cm³/mol. The Kier molecular flexibility index (Phi) is 7.61. The average molecular weight is 340 g/mol. The quantitative estimate of drug-likeness (QED) is 0.231. The van der Waals surface area contributed by atoms with Gasteiger partial charge in [-0.05, 0) is 13.8 Å². The van der Waals surface area contributed by atoms with Crippen LogP contribution in [0.25, 0.3) is 0 Å². The fraction of sp³-hybridized carbons (Fsp3) is 0.357. The first kappa shape index (κ1) is 19.0. The van der Waals surface area contributed by atoms with E-state index in [1.54, 1.807) is 38.1 Å². The topological polar surface area (TPSA) is 129 Å². The summed E-state index contributed by atoms with van der Waals surface area (Å²) in [5, 5.41) is 7.54. The summed E-state index contributed by atoms with van der Waals surface area (Å²) in [5.74, 6) is 0.107. The summed E-state index contributed by atoms with van der Waals surface area (Å²) < 4.78 is 22.5. The van der Waals surface area contributed by atoms with Gasteiger partial charge in [0.15, 0.2) is 5.84 Å². The molecule has 0 aliphatic carbocycles. The third-order valence-electron chi connectivity index (χ3n) is 2.64. The Labute approximate surface area is 135 Å². The van der Waals surface area contributed by atoms with Gasteiger partial charge in [-0.15, -0.1) is 10.2 Å².